The number of phenolic OH excluding ortho intramolecular Hbond substituents is 3. The van der Waals surface area contributed by atoms with Crippen LogP contribution in [0.15, 0.2) is 115 Å². The third kappa shape index (κ3) is 5.62. The standard InChI is InChI=1S/C44H28N4O5/c49-28-7-1-4-24(20-28)41-31-11-13-33(45-31)42(25-5-2-8-29(50)21-25)35-15-17-37(47-35)44(27-10-19-39(52)40(53)23-27)38-18-16-36(48-38)43(34-14-12-32(41)46-34)26-6-3-9-30(51)22-26/h1-23,45,48-51H. The average molecular weight is 693 g/mol. The number of benzene rings is 3. The van der Waals surface area contributed by atoms with E-state index < -0.39 is 11.6 Å². The fourth-order valence-electron chi connectivity index (χ4n) is 7.07. The molecule has 6 aromatic rings. The number of nitrogens with one attached hydrogen (secondary N) is 2. The maximum atomic E-state index is 12.7. The first kappa shape index (κ1) is 31.5. The van der Waals surface area contributed by atoms with Crippen molar-refractivity contribution in [2.45, 2.75) is 0 Å². The van der Waals surface area contributed by atoms with Gasteiger partial charge in [-0.1, -0.05) is 42.5 Å². The summed E-state index contributed by atoms with van der Waals surface area (Å²) in [5.41, 5.74) is 10.6. The van der Waals surface area contributed by atoms with E-state index in [0.717, 1.165) is 16.6 Å². The highest BCUT2D eigenvalue weighted by atomic mass is 16.3. The number of allylic oxidation sites excluding steroid dienone is 4. The molecule has 0 fully saturated rings. The smallest absolute Gasteiger partial charge is 0.226 e. The van der Waals surface area contributed by atoms with Crippen molar-refractivity contribution in [2.24, 2.45) is 0 Å². The van der Waals surface area contributed by atoms with Crippen LogP contribution in [0.3, 0.4) is 0 Å². The van der Waals surface area contributed by atoms with Crippen LogP contribution in [0.25, 0.3) is 85.3 Å². The first-order valence-electron chi connectivity index (χ1n) is 16.8. The number of phenols is 3. The molecule has 0 amide bonds. The van der Waals surface area contributed by atoms with Gasteiger partial charge in [0, 0.05) is 44.3 Å². The summed E-state index contributed by atoms with van der Waals surface area (Å²) in [6.07, 6.45) is 11.8. The number of carbonyl (C=O) groups excluding carboxylic acids is 2. The van der Waals surface area contributed by atoms with Gasteiger partial charge in [-0.25, -0.2) is 9.97 Å². The number of H-pyrrole nitrogens is 2. The van der Waals surface area contributed by atoms with Crippen LogP contribution >= 0.6 is 0 Å². The Morgan fingerprint density at radius 1 is 0.415 bits per heavy atom. The molecular formula is C44H28N4O5. The minimum Gasteiger partial charge on any atom is -0.508 e. The Morgan fingerprint density at radius 3 is 1.17 bits per heavy atom. The van der Waals surface area contributed by atoms with Crippen LogP contribution in [0.2, 0.25) is 0 Å². The van der Waals surface area contributed by atoms with Gasteiger partial charge in [0.05, 0.1) is 22.8 Å². The molecule has 5 heterocycles. The first-order chi connectivity index (χ1) is 25.8. The fourth-order valence-corrected chi connectivity index (χ4v) is 7.07. The van der Waals surface area contributed by atoms with E-state index in [4.69, 9.17) is 9.97 Å². The summed E-state index contributed by atoms with van der Waals surface area (Å²) in [7, 11) is 0. The Bertz CT molecular complexity index is 2830. The van der Waals surface area contributed by atoms with Gasteiger partial charge in [0.2, 0.25) is 11.6 Å². The largest absolute Gasteiger partial charge is 0.508 e. The quantitative estimate of drug-likeness (QED) is 0.0913. The number of carbonyl (C=O) groups is 2. The Hall–Kier alpha value is -7.52. The van der Waals surface area contributed by atoms with Gasteiger partial charge in [0.25, 0.3) is 0 Å². The SMILES string of the molecule is O=C1C=CC(c2c3nc(c(-c4cccc(O)c4)c4ccc([nH]4)c(-c4cccc(O)c4)c4nc(c(-c5cccc(O)c5)c5ccc2[nH]5)C=C4)C=C3)=CC1=O. The highest BCUT2D eigenvalue weighted by Gasteiger charge is 2.22. The molecule has 0 atom stereocenters. The summed E-state index contributed by atoms with van der Waals surface area (Å²) >= 11 is 0. The van der Waals surface area contributed by atoms with E-state index in [2.05, 4.69) is 9.97 Å². The van der Waals surface area contributed by atoms with E-state index in [1.807, 2.05) is 66.8 Å². The summed E-state index contributed by atoms with van der Waals surface area (Å²) in [4.78, 5) is 42.4. The molecule has 3 aliphatic rings. The number of rotatable bonds is 4. The lowest BCUT2D eigenvalue weighted by atomic mass is 9.97. The average Bonchev–Trinajstić information content (AvgIpc) is 3.98. The highest BCUT2D eigenvalue weighted by molar-refractivity contribution is 6.48. The zero-order chi connectivity index (χ0) is 36.2. The molecule has 5 N–H and O–H groups in total. The van der Waals surface area contributed by atoms with Crippen LogP contribution in [0, 0.1) is 0 Å². The van der Waals surface area contributed by atoms with Crippen LogP contribution < -0.4 is 0 Å². The van der Waals surface area contributed by atoms with E-state index in [-0.39, 0.29) is 17.2 Å². The Morgan fingerprint density at radius 2 is 0.792 bits per heavy atom. The highest BCUT2D eigenvalue weighted by Crippen LogP contribution is 2.39. The molecule has 3 aromatic carbocycles. The summed E-state index contributed by atoms with van der Waals surface area (Å²) in [5.74, 6) is -0.953. The van der Waals surface area contributed by atoms with Crippen molar-refractivity contribution in [3.8, 4) is 50.6 Å². The van der Waals surface area contributed by atoms with Crippen LogP contribution in [-0.4, -0.2) is 46.8 Å². The van der Waals surface area contributed by atoms with Crippen molar-refractivity contribution in [2.75, 3.05) is 0 Å². The zero-order valence-electron chi connectivity index (χ0n) is 27.8. The van der Waals surface area contributed by atoms with Gasteiger partial charge in [-0.2, -0.15) is 0 Å². The van der Waals surface area contributed by atoms with Crippen molar-refractivity contribution in [3.63, 3.8) is 0 Å². The molecule has 0 saturated carbocycles. The van der Waals surface area contributed by atoms with Gasteiger partial charge >= 0.3 is 0 Å². The van der Waals surface area contributed by atoms with Crippen molar-refractivity contribution in [1.29, 1.82) is 0 Å². The van der Waals surface area contributed by atoms with Crippen molar-refractivity contribution in [1.82, 2.24) is 19.9 Å². The summed E-state index contributed by atoms with van der Waals surface area (Å²) in [6.45, 7) is 0. The Balaban J connectivity index is 1.48. The molecule has 9 heteroatoms. The lowest BCUT2D eigenvalue weighted by Gasteiger charge is -2.09. The molecule has 0 radical (unpaired) electrons. The molecule has 254 valence electrons. The number of hydrogen-bond acceptors (Lipinski definition) is 7. The predicted molar refractivity (Wildman–Crippen MR) is 207 cm³/mol. The maximum absolute atomic E-state index is 12.7. The van der Waals surface area contributed by atoms with Crippen molar-refractivity contribution >= 4 is 63.5 Å². The third-order valence-corrected chi connectivity index (χ3v) is 9.39. The fraction of sp³-hybridized carbons (Fsp3) is 0. The van der Waals surface area contributed by atoms with E-state index >= 15 is 0 Å². The molecular weight excluding hydrogens is 665 g/mol. The molecule has 0 saturated heterocycles. The monoisotopic (exact) mass is 692 g/mol. The van der Waals surface area contributed by atoms with E-state index in [0.29, 0.717) is 72.7 Å². The van der Waals surface area contributed by atoms with Crippen LogP contribution in [0.4, 0.5) is 0 Å². The van der Waals surface area contributed by atoms with Gasteiger partial charge in [-0.05, 0) is 119 Å². The second kappa shape index (κ2) is 12.4. The van der Waals surface area contributed by atoms with E-state index in [1.54, 1.807) is 60.7 Å². The summed E-state index contributed by atoms with van der Waals surface area (Å²) in [5, 5.41) is 31.7. The normalized spacial score (nSPS) is 13.5. The lowest BCUT2D eigenvalue weighted by molar-refractivity contribution is -0.131. The van der Waals surface area contributed by atoms with Crippen molar-refractivity contribution in [3.05, 3.63) is 144 Å². The van der Waals surface area contributed by atoms with Gasteiger partial charge in [0.1, 0.15) is 17.2 Å². The van der Waals surface area contributed by atoms with Crippen molar-refractivity contribution < 1.29 is 24.9 Å². The van der Waals surface area contributed by atoms with Gasteiger partial charge in [-0.3, -0.25) is 9.59 Å². The Kier molecular flexibility index (Phi) is 7.34. The van der Waals surface area contributed by atoms with E-state index in [9.17, 15) is 24.9 Å². The van der Waals surface area contributed by atoms with Gasteiger partial charge in [-0.15, -0.1) is 0 Å². The first-order valence-corrected chi connectivity index (χ1v) is 16.8. The Labute approximate surface area is 301 Å². The molecule has 3 aromatic heterocycles. The summed E-state index contributed by atoms with van der Waals surface area (Å²) in [6, 6.07) is 28.6. The predicted octanol–water partition coefficient (Wildman–Crippen LogP) is 8.86. The van der Waals surface area contributed by atoms with E-state index in [1.165, 1.54) is 12.2 Å². The second-order valence-corrected chi connectivity index (χ2v) is 12.8. The number of aromatic nitrogens is 4. The molecule has 2 aliphatic heterocycles. The minimum absolute atomic E-state index is 0.0897. The van der Waals surface area contributed by atoms with Crippen LogP contribution in [-0.2, 0) is 9.59 Å². The molecule has 53 heavy (non-hydrogen) atoms. The van der Waals surface area contributed by atoms with Gasteiger partial charge < -0.3 is 25.3 Å². The molecule has 1 aliphatic carbocycles. The molecule has 9 rings (SSSR count). The second-order valence-electron chi connectivity index (χ2n) is 12.8. The number of nitrogens with zero attached hydrogens (tertiary/aromatic N) is 2. The number of fused-ring (bicyclic) bond motifs is 8. The molecule has 9 nitrogen and oxygen atoms in total. The number of aromatic amines is 2. The number of aromatic hydroxyl groups is 3. The molecule has 0 spiro atoms. The lowest BCUT2D eigenvalue weighted by Crippen LogP contribution is -2.11. The molecule has 8 bridgehead atoms. The maximum Gasteiger partial charge on any atom is 0.226 e. The molecule has 0 unspecified atom stereocenters. The van der Waals surface area contributed by atoms with Crippen LogP contribution in [0.1, 0.15) is 28.3 Å². The summed E-state index contributed by atoms with van der Waals surface area (Å²) < 4.78 is 0. The third-order valence-electron chi connectivity index (χ3n) is 9.39. The number of ketones is 2. The zero-order valence-corrected chi connectivity index (χ0v) is 27.8. The minimum atomic E-state index is -0.633. The number of hydrogen-bond donors (Lipinski definition) is 5. The van der Waals surface area contributed by atoms with Gasteiger partial charge in [0.15, 0.2) is 0 Å². The topological polar surface area (TPSA) is 152 Å². The van der Waals surface area contributed by atoms with Crippen LogP contribution in [0.5, 0.6) is 17.2 Å².